The normalized spacial score (nSPS) is 22.0. The van der Waals surface area contributed by atoms with Gasteiger partial charge in [0.2, 0.25) is 5.92 Å². The summed E-state index contributed by atoms with van der Waals surface area (Å²) in [5.74, 6) is -5.85. The molecule has 0 radical (unpaired) electrons. The van der Waals surface area contributed by atoms with Crippen LogP contribution in [0.15, 0.2) is 47.9 Å². The summed E-state index contributed by atoms with van der Waals surface area (Å²) in [6.07, 6.45) is 1.70. The van der Waals surface area contributed by atoms with Crippen LogP contribution in [0.3, 0.4) is 0 Å². The monoisotopic (exact) mass is 566 g/mol. The van der Waals surface area contributed by atoms with Gasteiger partial charge in [0.25, 0.3) is 17.4 Å². The molecule has 0 saturated heterocycles. The molecule has 0 spiro atoms. The Morgan fingerprint density at radius 1 is 1.14 bits per heavy atom. The second-order valence-electron chi connectivity index (χ2n) is 8.41. The van der Waals surface area contributed by atoms with E-state index >= 15 is 0 Å². The van der Waals surface area contributed by atoms with E-state index in [-0.39, 0.29) is 24.1 Å². The predicted octanol–water partition coefficient (Wildman–Crippen LogP) is 6.22. The van der Waals surface area contributed by atoms with Gasteiger partial charge in [-0.2, -0.15) is 0 Å². The third-order valence-corrected chi connectivity index (χ3v) is 7.05. The number of amides is 2. The Morgan fingerprint density at radius 2 is 1.69 bits per heavy atom. The molecular formula is C20H19ClF8N4O2S. The number of nitrogens with one attached hydrogen (secondary N) is 1. The summed E-state index contributed by atoms with van der Waals surface area (Å²) in [6.45, 7) is 1.03. The maximum atomic E-state index is 14.1. The number of nitrogens with zero attached hydrogens (tertiary/aromatic N) is 3. The Labute approximate surface area is 204 Å². The zero-order valence-corrected chi connectivity index (χ0v) is 19.9. The first-order chi connectivity index (χ1) is 16.2. The van der Waals surface area contributed by atoms with Crippen LogP contribution in [-0.2, 0) is 15.1 Å². The Hall–Kier alpha value is -2.68. The number of aromatic nitrogens is 2. The van der Waals surface area contributed by atoms with Crippen LogP contribution in [0.2, 0.25) is 0 Å². The smallest absolute Gasteiger partial charge is 0.310 e. The quantitative estimate of drug-likeness (QED) is 0.319. The molecule has 1 aromatic heterocycles. The average Bonchev–Trinajstić information content (AvgIpc) is 3.11. The van der Waals surface area contributed by atoms with E-state index in [1.165, 1.54) is 0 Å². The third-order valence-electron chi connectivity index (χ3n) is 5.70. The summed E-state index contributed by atoms with van der Waals surface area (Å²) in [6, 6.07) is -0.250. The minimum absolute atomic E-state index is 0.0318. The largest absolute Gasteiger partial charge is 0.351 e. The molecule has 0 aliphatic heterocycles. The lowest BCUT2D eigenvalue weighted by atomic mass is 9.89. The van der Waals surface area contributed by atoms with Crippen LogP contribution in [0.5, 0.6) is 0 Å². The van der Waals surface area contributed by atoms with Crippen molar-refractivity contribution < 1.29 is 42.2 Å². The SMILES string of the molecule is C[C@](C(=O)N[C@@H]1CCC(F)(F)C1)(c1cncnc1)N(C(=O)[C@H](F)Cl)c1ccc(S(F)(F)(F)(F)F)cc1. The summed E-state index contributed by atoms with van der Waals surface area (Å²) >= 11 is 5.31. The molecule has 16 heteroatoms. The number of carbonyl (C=O) groups excluding carboxylic acids is 2. The summed E-state index contributed by atoms with van der Waals surface area (Å²) < 4.78 is 107. The fourth-order valence-corrected chi connectivity index (χ4v) is 4.62. The molecule has 2 amide bonds. The molecule has 3 rings (SSSR count). The van der Waals surface area contributed by atoms with Crippen molar-refractivity contribution >= 4 is 39.3 Å². The number of alkyl halides is 4. The second-order valence-corrected chi connectivity index (χ2v) is 11.2. The van der Waals surface area contributed by atoms with E-state index in [4.69, 9.17) is 11.6 Å². The zero-order valence-electron chi connectivity index (χ0n) is 18.3. The summed E-state index contributed by atoms with van der Waals surface area (Å²) in [5.41, 5.74) is -6.00. The van der Waals surface area contributed by atoms with Gasteiger partial charge in [0.1, 0.15) is 11.2 Å². The number of carbonyl (C=O) groups is 2. The molecule has 1 saturated carbocycles. The van der Waals surface area contributed by atoms with Crippen LogP contribution in [0, 0.1) is 0 Å². The topological polar surface area (TPSA) is 75.2 Å². The summed E-state index contributed by atoms with van der Waals surface area (Å²) in [5, 5.41) is 2.34. The fraction of sp³-hybridized carbons (Fsp3) is 0.400. The maximum absolute atomic E-state index is 14.1. The molecule has 36 heavy (non-hydrogen) atoms. The van der Waals surface area contributed by atoms with Gasteiger partial charge in [-0.3, -0.25) is 14.5 Å². The minimum Gasteiger partial charge on any atom is -0.351 e. The summed E-state index contributed by atoms with van der Waals surface area (Å²) in [7, 11) is -10.1. The maximum Gasteiger partial charge on any atom is 0.310 e. The van der Waals surface area contributed by atoms with Gasteiger partial charge in [-0.05, 0) is 37.6 Å². The Morgan fingerprint density at radius 3 is 2.14 bits per heavy atom. The number of benzene rings is 1. The van der Waals surface area contributed by atoms with Crippen molar-refractivity contribution in [2.45, 2.75) is 54.2 Å². The van der Waals surface area contributed by atoms with Crippen LogP contribution in [0.1, 0.15) is 31.7 Å². The molecule has 200 valence electrons. The highest BCUT2D eigenvalue weighted by atomic mass is 35.5. The summed E-state index contributed by atoms with van der Waals surface area (Å²) in [4.78, 5) is 31.7. The molecule has 3 atom stereocenters. The van der Waals surface area contributed by atoms with Gasteiger partial charge in [-0.1, -0.05) is 31.0 Å². The highest BCUT2D eigenvalue weighted by Gasteiger charge is 2.65. The number of anilines is 1. The standard InChI is InChI=1S/C20H19ClF8N4O2S/c1-19(12-9-30-11-31-10-12,18(35)32-13-6-7-20(23,24)8-13)33(17(34)16(21)22)14-2-4-15(5-3-14)36(25,26,27,28)29/h2-5,9-11,13,16H,6-8H2,1H3,(H,32,35)/t13-,16+,19-/m1/s1. The van der Waals surface area contributed by atoms with E-state index in [1.807, 2.05) is 0 Å². The van der Waals surface area contributed by atoms with Crippen molar-refractivity contribution in [3.05, 3.63) is 48.5 Å². The highest BCUT2D eigenvalue weighted by molar-refractivity contribution is 8.45. The first-order valence-corrected chi connectivity index (χ1v) is 12.5. The molecule has 1 heterocycles. The Balaban J connectivity index is 2.15. The molecule has 1 aliphatic rings. The van der Waals surface area contributed by atoms with Gasteiger partial charge in [-0.15, -0.1) is 0 Å². The van der Waals surface area contributed by atoms with Crippen LogP contribution < -0.4 is 10.2 Å². The van der Waals surface area contributed by atoms with Crippen molar-refractivity contribution in [1.82, 2.24) is 15.3 Å². The Bertz CT molecular complexity index is 1150. The fourth-order valence-electron chi connectivity index (χ4n) is 3.87. The number of hydrogen-bond donors (Lipinski definition) is 1. The highest BCUT2D eigenvalue weighted by Crippen LogP contribution is 3.02. The van der Waals surface area contributed by atoms with Gasteiger partial charge >= 0.3 is 10.2 Å². The van der Waals surface area contributed by atoms with E-state index in [0.717, 1.165) is 25.6 Å². The number of hydrogen-bond acceptors (Lipinski definition) is 4. The Kier molecular flexibility index (Phi) is 6.53. The molecule has 0 unspecified atom stereocenters. The molecule has 0 bridgehead atoms. The van der Waals surface area contributed by atoms with Crippen molar-refractivity contribution in [3.8, 4) is 0 Å². The molecule has 1 N–H and O–H groups in total. The lowest BCUT2D eigenvalue weighted by molar-refractivity contribution is -0.131. The van der Waals surface area contributed by atoms with Crippen molar-refractivity contribution in [2.75, 3.05) is 4.90 Å². The van der Waals surface area contributed by atoms with Crippen molar-refractivity contribution in [1.29, 1.82) is 0 Å². The van der Waals surface area contributed by atoms with Gasteiger partial charge in [0, 0.05) is 42.5 Å². The van der Waals surface area contributed by atoms with Crippen LogP contribution >= 0.6 is 21.8 Å². The van der Waals surface area contributed by atoms with Crippen molar-refractivity contribution in [3.63, 3.8) is 0 Å². The van der Waals surface area contributed by atoms with E-state index in [2.05, 4.69) is 15.3 Å². The van der Waals surface area contributed by atoms with Crippen LogP contribution in [0.4, 0.5) is 38.3 Å². The van der Waals surface area contributed by atoms with Crippen LogP contribution in [0.25, 0.3) is 0 Å². The molecule has 1 fully saturated rings. The van der Waals surface area contributed by atoms with Gasteiger partial charge in [0.05, 0.1) is 0 Å². The number of halogens is 9. The molecule has 6 nitrogen and oxygen atoms in total. The third kappa shape index (κ3) is 5.82. The molecule has 2 aromatic rings. The lowest BCUT2D eigenvalue weighted by Gasteiger charge is -2.42. The average molecular weight is 567 g/mol. The van der Waals surface area contributed by atoms with E-state index in [9.17, 15) is 42.2 Å². The van der Waals surface area contributed by atoms with Gasteiger partial charge < -0.3 is 5.32 Å². The molecule has 1 aliphatic carbocycles. The molecular weight excluding hydrogens is 548 g/mol. The second kappa shape index (κ2) is 8.43. The first-order valence-electron chi connectivity index (χ1n) is 10.2. The predicted molar refractivity (Wildman–Crippen MR) is 116 cm³/mol. The zero-order chi connectivity index (χ0) is 27.2. The van der Waals surface area contributed by atoms with Gasteiger partial charge in [-0.25, -0.2) is 23.1 Å². The van der Waals surface area contributed by atoms with Gasteiger partial charge in [0.15, 0.2) is 5.54 Å². The van der Waals surface area contributed by atoms with E-state index in [0.29, 0.717) is 17.0 Å². The lowest BCUT2D eigenvalue weighted by Crippen LogP contribution is -2.59. The van der Waals surface area contributed by atoms with E-state index < -0.39 is 68.6 Å². The number of rotatable bonds is 7. The van der Waals surface area contributed by atoms with E-state index in [1.54, 1.807) is 0 Å². The van der Waals surface area contributed by atoms with Crippen molar-refractivity contribution in [2.24, 2.45) is 0 Å². The molecule has 1 aromatic carbocycles. The first kappa shape index (κ1) is 27.9. The van der Waals surface area contributed by atoms with Crippen LogP contribution in [-0.4, -0.2) is 39.4 Å². The minimum atomic E-state index is -10.1.